The summed E-state index contributed by atoms with van der Waals surface area (Å²) >= 11 is 3.70. The maximum absolute atomic E-state index is 9.69. The van der Waals surface area contributed by atoms with Gasteiger partial charge in [-0.2, -0.15) is 0 Å². The van der Waals surface area contributed by atoms with Gasteiger partial charge in [0.25, 0.3) is 0 Å². The van der Waals surface area contributed by atoms with Gasteiger partial charge in [0.1, 0.15) is 5.75 Å². The fourth-order valence-corrected chi connectivity index (χ4v) is 3.61. The van der Waals surface area contributed by atoms with Crippen LogP contribution in [0.2, 0.25) is 0 Å². The van der Waals surface area contributed by atoms with Crippen molar-refractivity contribution in [3.8, 4) is 5.75 Å². The average Bonchev–Trinajstić information content (AvgIpc) is 2.37. The van der Waals surface area contributed by atoms with Gasteiger partial charge in [-0.1, -0.05) is 22.4 Å². The Bertz CT molecular complexity index is 485. The quantitative estimate of drug-likeness (QED) is 0.903. The van der Waals surface area contributed by atoms with Crippen LogP contribution in [0.3, 0.4) is 0 Å². The summed E-state index contributed by atoms with van der Waals surface area (Å²) in [5.41, 5.74) is 5.03. The lowest BCUT2D eigenvalue weighted by Gasteiger charge is -2.41. The van der Waals surface area contributed by atoms with Gasteiger partial charge in [0, 0.05) is 11.1 Å². The second kappa shape index (κ2) is 5.45. The molecule has 1 saturated carbocycles. The number of ether oxygens (including phenoxy) is 1. The molecule has 1 aromatic carbocycles. The fraction of sp³-hybridized carbons (Fsp3) is 0.625. The third-order valence-corrected chi connectivity index (χ3v) is 5.98. The van der Waals surface area contributed by atoms with Gasteiger partial charge in [-0.25, -0.2) is 0 Å². The first-order valence-corrected chi connectivity index (χ1v) is 7.68. The predicted octanol–water partition coefficient (Wildman–Crippen LogP) is 4.09. The molecular formula is C16H23BrO2. The van der Waals surface area contributed by atoms with E-state index in [0.29, 0.717) is 0 Å². The molecule has 19 heavy (non-hydrogen) atoms. The lowest BCUT2D eigenvalue weighted by atomic mass is 9.65. The van der Waals surface area contributed by atoms with Gasteiger partial charge in [-0.3, -0.25) is 0 Å². The molecule has 1 N–H and O–H groups in total. The third kappa shape index (κ3) is 2.43. The van der Waals surface area contributed by atoms with Crippen LogP contribution >= 0.6 is 15.9 Å². The molecule has 1 aliphatic rings. The van der Waals surface area contributed by atoms with E-state index in [0.717, 1.165) is 25.0 Å². The summed E-state index contributed by atoms with van der Waals surface area (Å²) in [5, 5.41) is 9.69. The summed E-state index contributed by atoms with van der Waals surface area (Å²) < 4.78 is 6.82. The molecule has 0 bridgehead atoms. The summed E-state index contributed by atoms with van der Waals surface area (Å²) in [6.45, 7) is 6.64. The van der Waals surface area contributed by atoms with E-state index in [1.807, 2.05) is 0 Å². The minimum atomic E-state index is 0.0825. The van der Waals surface area contributed by atoms with Crippen LogP contribution in [0, 0.1) is 26.2 Å². The number of benzene rings is 1. The first-order chi connectivity index (χ1) is 8.95. The Morgan fingerprint density at radius 2 is 1.79 bits per heavy atom. The number of methoxy groups -OCH3 is 1. The van der Waals surface area contributed by atoms with E-state index in [1.54, 1.807) is 7.11 Å². The molecule has 0 unspecified atom stereocenters. The van der Waals surface area contributed by atoms with Crippen LogP contribution in [0.5, 0.6) is 5.75 Å². The Labute approximate surface area is 124 Å². The zero-order valence-corrected chi connectivity index (χ0v) is 13.9. The van der Waals surface area contributed by atoms with Crippen LogP contribution in [0.25, 0.3) is 0 Å². The van der Waals surface area contributed by atoms with E-state index in [2.05, 4.69) is 36.7 Å². The third-order valence-electron chi connectivity index (χ3n) is 4.79. The highest BCUT2D eigenvalue weighted by atomic mass is 79.9. The van der Waals surface area contributed by atoms with Crippen LogP contribution in [-0.2, 0) is 6.42 Å². The fourth-order valence-electron chi connectivity index (χ4n) is 3.08. The SMILES string of the molecule is COc1c(C)c(C)c(Br)c(C)c1CC1(CO)CCC1. The maximum atomic E-state index is 9.69. The lowest BCUT2D eigenvalue weighted by molar-refractivity contribution is 0.0443. The minimum Gasteiger partial charge on any atom is -0.496 e. The van der Waals surface area contributed by atoms with Crippen molar-refractivity contribution in [2.75, 3.05) is 13.7 Å². The lowest BCUT2D eigenvalue weighted by Crippen LogP contribution is -2.35. The van der Waals surface area contributed by atoms with Crippen molar-refractivity contribution >= 4 is 15.9 Å². The maximum Gasteiger partial charge on any atom is 0.125 e. The molecule has 3 heteroatoms. The highest BCUT2D eigenvalue weighted by molar-refractivity contribution is 9.10. The van der Waals surface area contributed by atoms with E-state index < -0.39 is 0 Å². The molecule has 1 aromatic rings. The molecule has 2 rings (SSSR count). The zero-order chi connectivity index (χ0) is 14.2. The molecule has 106 valence electrons. The number of aliphatic hydroxyl groups excluding tert-OH is 1. The van der Waals surface area contributed by atoms with Crippen LogP contribution in [0.4, 0.5) is 0 Å². The molecule has 0 saturated heterocycles. The average molecular weight is 327 g/mol. The van der Waals surface area contributed by atoms with Crippen molar-refractivity contribution in [2.45, 2.75) is 46.5 Å². The standard InChI is InChI=1S/C16H23BrO2/c1-10-11(2)15(19-4)13(12(3)14(10)17)8-16(9-18)6-5-7-16/h18H,5-9H2,1-4H3. The minimum absolute atomic E-state index is 0.0825. The molecule has 0 heterocycles. The van der Waals surface area contributed by atoms with E-state index in [-0.39, 0.29) is 12.0 Å². The highest BCUT2D eigenvalue weighted by Gasteiger charge is 2.38. The van der Waals surface area contributed by atoms with Gasteiger partial charge >= 0.3 is 0 Å². The predicted molar refractivity (Wildman–Crippen MR) is 82.0 cm³/mol. The number of aliphatic hydroxyl groups is 1. The van der Waals surface area contributed by atoms with Crippen LogP contribution < -0.4 is 4.74 Å². The number of hydrogen-bond acceptors (Lipinski definition) is 2. The molecule has 0 aromatic heterocycles. The van der Waals surface area contributed by atoms with Gasteiger partial charge in [-0.15, -0.1) is 0 Å². The summed E-state index contributed by atoms with van der Waals surface area (Å²) in [4.78, 5) is 0. The van der Waals surface area contributed by atoms with Crippen molar-refractivity contribution < 1.29 is 9.84 Å². The van der Waals surface area contributed by atoms with Crippen LogP contribution in [-0.4, -0.2) is 18.8 Å². The van der Waals surface area contributed by atoms with Gasteiger partial charge in [0.05, 0.1) is 7.11 Å². The molecule has 1 aliphatic carbocycles. The zero-order valence-electron chi connectivity index (χ0n) is 12.3. The second-order valence-electron chi connectivity index (χ2n) is 5.89. The molecule has 0 radical (unpaired) electrons. The topological polar surface area (TPSA) is 29.5 Å². The Hall–Kier alpha value is -0.540. The molecule has 0 spiro atoms. The van der Waals surface area contributed by atoms with Crippen molar-refractivity contribution in [2.24, 2.45) is 5.41 Å². The normalized spacial score (nSPS) is 17.2. The smallest absolute Gasteiger partial charge is 0.125 e. The van der Waals surface area contributed by atoms with Crippen LogP contribution in [0.15, 0.2) is 4.47 Å². The summed E-state index contributed by atoms with van der Waals surface area (Å²) in [6.07, 6.45) is 4.39. The first kappa shape index (κ1) is 14.9. The Morgan fingerprint density at radius 3 is 2.21 bits per heavy atom. The number of hydrogen-bond donors (Lipinski definition) is 1. The molecule has 0 amide bonds. The van der Waals surface area contributed by atoms with Gasteiger partial charge in [0.15, 0.2) is 0 Å². The summed E-state index contributed by atoms with van der Waals surface area (Å²) in [7, 11) is 1.74. The number of rotatable bonds is 4. The number of halogens is 1. The largest absolute Gasteiger partial charge is 0.496 e. The van der Waals surface area contributed by atoms with Crippen LogP contribution in [0.1, 0.15) is 41.5 Å². The Balaban J connectivity index is 2.49. The summed E-state index contributed by atoms with van der Waals surface area (Å²) in [6, 6.07) is 0. The molecule has 0 atom stereocenters. The van der Waals surface area contributed by atoms with E-state index >= 15 is 0 Å². The van der Waals surface area contributed by atoms with Gasteiger partial charge in [0.2, 0.25) is 0 Å². The van der Waals surface area contributed by atoms with Crippen molar-refractivity contribution in [1.29, 1.82) is 0 Å². The van der Waals surface area contributed by atoms with Crippen molar-refractivity contribution in [3.63, 3.8) is 0 Å². The van der Waals surface area contributed by atoms with Crippen molar-refractivity contribution in [1.82, 2.24) is 0 Å². The molecule has 0 aliphatic heterocycles. The Kier molecular flexibility index (Phi) is 4.26. The van der Waals surface area contributed by atoms with Gasteiger partial charge in [-0.05, 0) is 67.7 Å². The molecule has 1 fully saturated rings. The second-order valence-corrected chi connectivity index (χ2v) is 6.68. The first-order valence-electron chi connectivity index (χ1n) is 6.89. The Morgan fingerprint density at radius 1 is 1.16 bits per heavy atom. The van der Waals surface area contributed by atoms with E-state index in [9.17, 15) is 5.11 Å². The highest BCUT2D eigenvalue weighted by Crippen LogP contribution is 2.47. The summed E-state index contributed by atoms with van der Waals surface area (Å²) in [5.74, 6) is 0.998. The molecule has 2 nitrogen and oxygen atoms in total. The van der Waals surface area contributed by atoms with E-state index in [1.165, 1.54) is 33.1 Å². The monoisotopic (exact) mass is 326 g/mol. The van der Waals surface area contributed by atoms with E-state index in [4.69, 9.17) is 4.74 Å². The van der Waals surface area contributed by atoms with Gasteiger partial charge < -0.3 is 9.84 Å². The molecular weight excluding hydrogens is 304 g/mol. The van der Waals surface area contributed by atoms with Crippen molar-refractivity contribution in [3.05, 3.63) is 26.7 Å².